The monoisotopic (exact) mass is 321 g/mol. The topological polar surface area (TPSA) is 90.0 Å². The molecule has 0 bridgehead atoms. The molecule has 1 aliphatic rings. The van der Waals surface area contributed by atoms with E-state index in [1.54, 1.807) is 0 Å². The van der Waals surface area contributed by atoms with Crippen molar-refractivity contribution < 1.29 is 27.5 Å². The third kappa shape index (κ3) is 6.79. The molecular weight excluding hydrogens is 298 g/mol. The molecule has 7 nitrogen and oxygen atoms in total. The molecule has 0 aliphatic carbocycles. The molecule has 1 rings (SSSR count). The summed E-state index contributed by atoms with van der Waals surface area (Å²) in [7, 11) is -3.15. The number of hydrogen-bond acceptors (Lipinski definition) is 6. The van der Waals surface area contributed by atoms with Crippen LogP contribution in [0.5, 0.6) is 0 Å². The Morgan fingerprint density at radius 3 is 2.52 bits per heavy atom. The molecule has 1 amide bonds. The minimum atomic E-state index is -3.15. The summed E-state index contributed by atoms with van der Waals surface area (Å²) in [5.74, 6) is -0.555. The number of ether oxygens (including phenoxy) is 2. The minimum Gasteiger partial charge on any atom is -0.465 e. The van der Waals surface area contributed by atoms with Crippen molar-refractivity contribution in [3.8, 4) is 0 Å². The van der Waals surface area contributed by atoms with Crippen molar-refractivity contribution in [2.24, 2.45) is 11.8 Å². The Morgan fingerprint density at radius 1 is 1.29 bits per heavy atom. The molecule has 0 aromatic heterocycles. The fraction of sp³-hybridized carbons (Fsp3) is 0.846. The first-order chi connectivity index (χ1) is 9.69. The number of likely N-dealkylation sites (tertiary alicyclic amines) is 1. The summed E-state index contributed by atoms with van der Waals surface area (Å²) in [6, 6.07) is 0. The second-order valence-electron chi connectivity index (χ2n) is 5.70. The standard InChI is InChI=1S/C13H23NO6S/c1-10(2)9-20-12(15)11-4-5-14(8-11)13(16)19-6-7-21(3,17)18/h10-11H,4-9H2,1-3H3. The van der Waals surface area contributed by atoms with E-state index in [9.17, 15) is 18.0 Å². The van der Waals surface area contributed by atoms with Gasteiger partial charge >= 0.3 is 12.1 Å². The highest BCUT2D eigenvalue weighted by atomic mass is 32.2. The van der Waals surface area contributed by atoms with Crippen molar-refractivity contribution >= 4 is 21.9 Å². The molecule has 0 radical (unpaired) electrons. The molecule has 0 aromatic carbocycles. The summed E-state index contributed by atoms with van der Waals surface area (Å²) in [4.78, 5) is 24.9. The molecule has 1 atom stereocenters. The number of nitrogens with zero attached hydrogens (tertiary/aromatic N) is 1. The molecular formula is C13H23NO6S. The number of carbonyl (C=O) groups excluding carboxylic acids is 2. The van der Waals surface area contributed by atoms with Gasteiger partial charge in [-0.15, -0.1) is 0 Å². The van der Waals surface area contributed by atoms with Gasteiger partial charge in [0.1, 0.15) is 6.61 Å². The number of amides is 1. The van der Waals surface area contributed by atoms with Gasteiger partial charge in [0.2, 0.25) is 0 Å². The van der Waals surface area contributed by atoms with Crippen molar-refractivity contribution in [1.29, 1.82) is 0 Å². The highest BCUT2D eigenvalue weighted by Gasteiger charge is 2.33. The van der Waals surface area contributed by atoms with Crippen molar-refractivity contribution in [1.82, 2.24) is 4.90 Å². The Kier molecular flexibility index (Phi) is 6.44. The molecule has 0 saturated carbocycles. The lowest BCUT2D eigenvalue weighted by atomic mass is 10.1. The van der Waals surface area contributed by atoms with Gasteiger partial charge in [-0.1, -0.05) is 13.8 Å². The van der Waals surface area contributed by atoms with E-state index in [1.807, 2.05) is 13.8 Å². The Morgan fingerprint density at radius 2 is 1.95 bits per heavy atom. The van der Waals surface area contributed by atoms with Gasteiger partial charge in [-0.3, -0.25) is 4.79 Å². The first-order valence-electron chi connectivity index (χ1n) is 6.95. The van der Waals surface area contributed by atoms with Gasteiger partial charge in [-0.25, -0.2) is 13.2 Å². The maximum Gasteiger partial charge on any atom is 0.409 e. The predicted octanol–water partition coefficient (Wildman–Crippen LogP) is 0.689. The first-order valence-corrected chi connectivity index (χ1v) is 9.01. The second kappa shape index (κ2) is 7.63. The van der Waals surface area contributed by atoms with E-state index in [4.69, 9.17) is 9.47 Å². The lowest BCUT2D eigenvalue weighted by Gasteiger charge is -2.16. The van der Waals surface area contributed by atoms with Crippen LogP contribution in [0.1, 0.15) is 20.3 Å². The highest BCUT2D eigenvalue weighted by molar-refractivity contribution is 7.90. The predicted molar refractivity (Wildman–Crippen MR) is 76.5 cm³/mol. The van der Waals surface area contributed by atoms with Crippen molar-refractivity contribution in [2.45, 2.75) is 20.3 Å². The molecule has 1 fully saturated rings. The maximum absolute atomic E-state index is 11.8. The largest absolute Gasteiger partial charge is 0.465 e. The number of rotatable bonds is 6. The van der Waals surface area contributed by atoms with E-state index in [-0.39, 0.29) is 36.7 Å². The summed E-state index contributed by atoms with van der Waals surface area (Å²) in [6.45, 7) is 4.78. The summed E-state index contributed by atoms with van der Waals surface area (Å²) in [5, 5.41) is 0. The quantitative estimate of drug-likeness (QED) is 0.669. The summed E-state index contributed by atoms with van der Waals surface area (Å²) < 4.78 is 31.9. The lowest BCUT2D eigenvalue weighted by molar-refractivity contribution is -0.149. The van der Waals surface area contributed by atoms with Crippen molar-refractivity contribution in [3.63, 3.8) is 0 Å². The van der Waals surface area contributed by atoms with Gasteiger partial charge in [0, 0.05) is 19.3 Å². The van der Waals surface area contributed by atoms with Crippen molar-refractivity contribution in [3.05, 3.63) is 0 Å². The van der Waals surface area contributed by atoms with Crippen LogP contribution < -0.4 is 0 Å². The van der Waals surface area contributed by atoms with Gasteiger partial charge in [0.25, 0.3) is 0 Å². The zero-order chi connectivity index (χ0) is 16.0. The van der Waals surface area contributed by atoms with E-state index in [0.717, 1.165) is 6.26 Å². The fourth-order valence-corrected chi connectivity index (χ4v) is 2.24. The van der Waals surface area contributed by atoms with Crippen LogP contribution in [0, 0.1) is 11.8 Å². The molecule has 1 heterocycles. The van der Waals surface area contributed by atoms with Crippen molar-refractivity contribution in [2.75, 3.05) is 38.3 Å². The first kappa shape index (κ1) is 17.7. The molecule has 0 aromatic rings. The van der Waals surface area contributed by atoms with Gasteiger partial charge in [0.15, 0.2) is 9.84 Å². The van der Waals surface area contributed by atoms with E-state index in [0.29, 0.717) is 19.6 Å². The lowest BCUT2D eigenvalue weighted by Crippen LogP contribution is -2.32. The SMILES string of the molecule is CC(C)COC(=O)C1CCN(C(=O)OCCS(C)(=O)=O)C1. The molecule has 8 heteroatoms. The summed E-state index contributed by atoms with van der Waals surface area (Å²) in [5.41, 5.74) is 0. The minimum absolute atomic E-state index is 0.170. The number of esters is 1. The average molecular weight is 321 g/mol. The van der Waals surface area contributed by atoms with E-state index in [1.165, 1.54) is 4.90 Å². The molecule has 1 unspecified atom stereocenters. The van der Waals surface area contributed by atoms with Gasteiger partial charge in [-0.05, 0) is 12.3 Å². The molecule has 122 valence electrons. The van der Waals surface area contributed by atoms with Gasteiger partial charge < -0.3 is 14.4 Å². The smallest absolute Gasteiger partial charge is 0.409 e. The van der Waals surface area contributed by atoms with Gasteiger partial charge in [0.05, 0.1) is 18.3 Å². The van der Waals surface area contributed by atoms with Crippen LogP contribution in [-0.2, 0) is 24.1 Å². The highest BCUT2D eigenvalue weighted by Crippen LogP contribution is 2.18. The van der Waals surface area contributed by atoms with Crippen LogP contribution in [0.25, 0.3) is 0 Å². The van der Waals surface area contributed by atoms with Gasteiger partial charge in [-0.2, -0.15) is 0 Å². The Balaban J connectivity index is 2.33. The molecule has 0 N–H and O–H groups in total. The van der Waals surface area contributed by atoms with Crippen LogP contribution in [0.15, 0.2) is 0 Å². The zero-order valence-corrected chi connectivity index (χ0v) is 13.5. The Hall–Kier alpha value is -1.31. The fourth-order valence-electron chi connectivity index (χ4n) is 1.86. The Labute approximate surface area is 125 Å². The van der Waals surface area contributed by atoms with E-state index in [2.05, 4.69) is 0 Å². The number of sulfone groups is 1. The van der Waals surface area contributed by atoms with Crippen LogP contribution in [0.4, 0.5) is 4.79 Å². The third-order valence-corrected chi connectivity index (χ3v) is 3.93. The molecule has 0 spiro atoms. The van der Waals surface area contributed by atoms with Crippen LogP contribution in [-0.4, -0.2) is 63.7 Å². The third-order valence-electron chi connectivity index (χ3n) is 3.02. The maximum atomic E-state index is 11.8. The van der Waals surface area contributed by atoms with E-state index >= 15 is 0 Å². The van der Waals surface area contributed by atoms with Crippen LogP contribution in [0.2, 0.25) is 0 Å². The summed E-state index contributed by atoms with van der Waals surface area (Å²) in [6.07, 6.45) is 1.04. The van der Waals surface area contributed by atoms with E-state index < -0.39 is 15.9 Å². The second-order valence-corrected chi connectivity index (χ2v) is 7.96. The average Bonchev–Trinajstić information content (AvgIpc) is 2.83. The zero-order valence-electron chi connectivity index (χ0n) is 12.7. The molecule has 21 heavy (non-hydrogen) atoms. The molecule has 1 saturated heterocycles. The number of carbonyl (C=O) groups is 2. The Bertz CT molecular complexity index is 473. The van der Waals surface area contributed by atoms with Crippen LogP contribution in [0.3, 0.4) is 0 Å². The number of hydrogen-bond donors (Lipinski definition) is 0. The summed E-state index contributed by atoms with van der Waals surface area (Å²) >= 11 is 0. The molecule has 1 aliphatic heterocycles. The van der Waals surface area contributed by atoms with Crippen LogP contribution >= 0.6 is 0 Å². The normalized spacial score (nSPS) is 18.9.